The number of phenolic OH excluding ortho intramolecular Hbond substituents is 1. The van der Waals surface area contributed by atoms with Crippen LogP contribution in [0.2, 0.25) is 0 Å². The first-order chi connectivity index (χ1) is 18.1. The lowest BCUT2D eigenvalue weighted by molar-refractivity contribution is -0.139. The van der Waals surface area contributed by atoms with E-state index in [9.17, 15) is 14.7 Å². The maximum atomic E-state index is 10.8. The van der Waals surface area contributed by atoms with E-state index in [1.54, 1.807) is 0 Å². The van der Waals surface area contributed by atoms with Gasteiger partial charge in [0.2, 0.25) is 0 Å². The van der Waals surface area contributed by atoms with Crippen LogP contribution < -0.4 is 9.47 Å². The van der Waals surface area contributed by atoms with Crippen LogP contribution >= 0.6 is 0 Å². The van der Waals surface area contributed by atoms with Crippen LogP contribution in [-0.4, -0.2) is 38.5 Å². The summed E-state index contributed by atoms with van der Waals surface area (Å²) in [7, 11) is 0. The van der Waals surface area contributed by atoms with Gasteiger partial charge in [-0.05, 0) is 133 Å². The van der Waals surface area contributed by atoms with Gasteiger partial charge in [0.1, 0.15) is 28.5 Å². The molecule has 0 aliphatic carbocycles. The molecule has 2 aliphatic heterocycles. The van der Waals surface area contributed by atoms with Gasteiger partial charge in [-0.1, -0.05) is 6.07 Å². The molecule has 0 radical (unpaired) electrons. The van der Waals surface area contributed by atoms with Gasteiger partial charge in [0.15, 0.2) is 0 Å². The Labute approximate surface area is 232 Å². The number of benzene rings is 2. The molecule has 0 fully saturated rings. The number of aryl methyl sites for hydroxylation is 2. The minimum absolute atomic E-state index is 0.112. The molecule has 0 saturated heterocycles. The summed E-state index contributed by atoms with van der Waals surface area (Å²) in [6.07, 6.45) is 4.78. The molecule has 2 aliphatic rings. The Balaban J connectivity index is 0.000000216. The molecule has 0 amide bonds. The van der Waals surface area contributed by atoms with E-state index in [4.69, 9.17) is 19.7 Å². The Morgan fingerprint density at radius 3 is 1.67 bits per heavy atom. The van der Waals surface area contributed by atoms with Gasteiger partial charge in [0.05, 0.1) is 0 Å². The molecule has 7 nitrogen and oxygen atoms in total. The highest BCUT2D eigenvalue weighted by molar-refractivity contribution is 5.67. The predicted octanol–water partition coefficient (Wildman–Crippen LogP) is 6.83. The second kappa shape index (κ2) is 11.5. The first-order valence-corrected chi connectivity index (χ1v) is 13.8. The maximum Gasteiger partial charge on any atom is 0.303 e. The van der Waals surface area contributed by atoms with Crippen LogP contribution in [0.3, 0.4) is 0 Å². The molecule has 2 aromatic carbocycles. The molecule has 0 saturated carbocycles. The van der Waals surface area contributed by atoms with Crippen molar-refractivity contribution < 1.29 is 34.4 Å². The first-order valence-electron chi connectivity index (χ1n) is 13.8. The first kappa shape index (κ1) is 30.3. The minimum Gasteiger partial charge on any atom is -0.507 e. The standard InChI is InChI=1S/C16H22O4.C16H22O3/c1-9-10(2)15-12(11(3)14(9)19)5-7-16(4,20-15)8-6-13(17)18;1-10-9-11(2)13-5-7-16(4,8-6-14(17)18)19-15(13)12(10)3/h19H,5-8H2,1-4H3,(H,17,18);9H,5-8H2,1-4H3,(H,17,18). The Kier molecular flexibility index (Phi) is 8.93. The summed E-state index contributed by atoms with van der Waals surface area (Å²) in [5.74, 6) is 0.607. The summed E-state index contributed by atoms with van der Waals surface area (Å²) >= 11 is 0. The SMILES string of the molecule is Cc1c(C)c2c(c(C)c1O)CCC(C)(CCC(=O)O)O2.Cc1cc(C)c2c(c1C)OC(C)(CCC(=O)O)CC2. The number of fused-ring (bicyclic) bond motifs is 2. The highest BCUT2D eigenvalue weighted by atomic mass is 16.5. The number of carboxylic acids is 2. The van der Waals surface area contributed by atoms with Crippen molar-refractivity contribution in [1.82, 2.24) is 0 Å². The van der Waals surface area contributed by atoms with Crippen LogP contribution in [0, 0.1) is 41.5 Å². The third kappa shape index (κ3) is 6.68. The number of carboxylic acid groups (broad SMARTS) is 2. The van der Waals surface area contributed by atoms with Crippen LogP contribution in [0.15, 0.2) is 6.07 Å². The number of hydrogen-bond acceptors (Lipinski definition) is 5. The van der Waals surface area contributed by atoms with Crippen LogP contribution in [0.5, 0.6) is 17.2 Å². The molecule has 0 bridgehead atoms. The average molecular weight is 541 g/mol. The summed E-state index contributed by atoms with van der Waals surface area (Å²) in [6.45, 7) is 16.0. The summed E-state index contributed by atoms with van der Waals surface area (Å²) in [5.41, 5.74) is 7.91. The van der Waals surface area contributed by atoms with Gasteiger partial charge in [-0.3, -0.25) is 9.59 Å². The number of phenols is 1. The number of hydrogen-bond donors (Lipinski definition) is 3. The molecule has 7 heteroatoms. The van der Waals surface area contributed by atoms with Crippen LogP contribution in [-0.2, 0) is 22.4 Å². The van der Waals surface area contributed by atoms with Gasteiger partial charge >= 0.3 is 11.9 Å². The lowest BCUT2D eigenvalue weighted by Gasteiger charge is -2.37. The van der Waals surface area contributed by atoms with Crippen molar-refractivity contribution in [1.29, 1.82) is 0 Å². The molecule has 4 rings (SSSR count). The zero-order valence-corrected chi connectivity index (χ0v) is 24.7. The van der Waals surface area contributed by atoms with Crippen LogP contribution in [0.1, 0.15) is 96.9 Å². The Morgan fingerprint density at radius 1 is 0.718 bits per heavy atom. The summed E-state index contributed by atoms with van der Waals surface area (Å²) < 4.78 is 12.3. The normalized spacial score (nSPS) is 21.4. The molecule has 2 aromatic rings. The average Bonchev–Trinajstić information content (AvgIpc) is 2.87. The quantitative estimate of drug-likeness (QED) is 0.368. The van der Waals surface area contributed by atoms with E-state index in [0.717, 1.165) is 59.4 Å². The fourth-order valence-corrected chi connectivity index (χ4v) is 5.63. The molecular weight excluding hydrogens is 496 g/mol. The second-order valence-corrected chi connectivity index (χ2v) is 11.9. The maximum absolute atomic E-state index is 10.8. The molecule has 2 unspecified atom stereocenters. The van der Waals surface area contributed by atoms with E-state index in [0.29, 0.717) is 18.6 Å². The highest BCUT2D eigenvalue weighted by Gasteiger charge is 2.35. The van der Waals surface area contributed by atoms with Crippen molar-refractivity contribution in [2.24, 2.45) is 0 Å². The zero-order chi connectivity index (χ0) is 29.3. The largest absolute Gasteiger partial charge is 0.507 e. The Bertz CT molecular complexity index is 1280. The molecule has 0 spiro atoms. The number of aliphatic carboxylic acids is 2. The summed E-state index contributed by atoms with van der Waals surface area (Å²) in [4.78, 5) is 21.5. The van der Waals surface area contributed by atoms with Crippen molar-refractivity contribution in [3.8, 4) is 17.2 Å². The molecule has 0 aromatic heterocycles. The molecular formula is C32H44O7. The van der Waals surface area contributed by atoms with Gasteiger partial charge in [0.25, 0.3) is 0 Å². The summed E-state index contributed by atoms with van der Waals surface area (Å²) in [6, 6.07) is 2.21. The minimum atomic E-state index is -0.796. The fraction of sp³-hybridized carbons (Fsp3) is 0.562. The van der Waals surface area contributed by atoms with E-state index >= 15 is 0 Å². The number of carbonyl (C=O) groups is 2. The third-order valence-electron chi connectivity index (χ3n) is 8.70. The van der Waals surface area contributed by atoms with Crippen LogP contribution in [0.4, 0.5) is 0 Å². The Hall–Kier alpha value is -3.22. The smallest absolute Gasteiger partial charge is 0.303 e. The molecule has 214 valence electrons. The molecule has 3 N–H and O–H groups in total. The van der Waals surface area contributed by atoms with E-state index < -0.39 is 17.5 Å². The van der Waals surface area contributed by atoms with Gasteiger partial charge in [-0.25, -0.2) is 0 Å². The fourth-order valence-electron chi connectivity index (χ4n) is 5.63. The zero-order valence-electron chi connectivity index (χ0n) is 24.7. The number of rotatable bonds is 6. The topological polar surface area (TPSA) is 113 Å². The van der Waals surface area contributed by atoms with Crippen molar-refractivity contribution >= 4 is 11.9 Å². The highest BCUT2D eigenvalue weighted by Crippen LogP contribution is 2.44. The van der Waals surface area contributed by atoms with E-state index in [1.165, 1.54) is 22.3 Å². The molecule has 2 atom stereocenters. The molecule has 2 heterocycles. The monoisotopic (exact) mass is 540 g/mol. The van der Waals surface area contributed by atoms with E-state index in [-0.39, 0.29) is 18.4 Å². The number of ether oxygens (including phenoxy) is 2. The molecule has 39 heavy (non-hydrogen) atoms. The van der Waals surface area contributed by atoms with E-state index in [2.05, 4.69) is 26.8 Å². The van der Waals surface area contributed by atoms with Gasteiger partial charge in [0, 0.05) is 18.4 Å². The van der Waals surface area contributed by atoms with Crippen molar-refractivity contribution in [2.45, 2.75) is 118 Å². The van der Waals surface area contributed by atoms with Gasteiger partial charge in [-0.15, -0.1) is 0 Å². The second-order valence-electron chi connectivity index (χ2n) is 11.9. The number of aromatic hydroxyl groups is 1. The predicted molar refractivity (Wildman–Crippen MR) is 151 cm³/mol. The van der Waals surface area contributed by atoms with E-state index in [1.807, 2.05) is 34.6 Å². The Morgan fingerprint density at radius 2 is 1.18 bits per heavy atom. The van der Waals surface area contributed by atoms with Crippen LogP contribution in [0.25, 0.3) is 0 Å². The third-order valence-corrected chi connectivity index (χ3v) is 8.70. The van der Waals surface area contributed by atoms with Gasteiger partial charge < -0.3 is 24.8 Å². The lowest BCUT2D eigenvalue weighted by atomic mass is 9.85. The summed E-state index contributed by atoms with van der Waals surface area (Å²) in [5, 5.41) is 27.8. The van der Waals surface area contributed by atoms with Crippen molar-refractivity contribution in [3.05, 3.63) is 50.6 Å². The van der Waals surface area contributed by atoms with Crippen molar-refractivity contribution in [2.75, 3.05) is 0 Å². The van der Waals surface area contributed by atoms with Crippen molar-refractivity contribution in [3.63, 3.8) is 0 Å². The van der Waals surface area contributed by atoms with Gasteiger partial charge in [-0.2, -0.15) is 0 Å². The lowest BCUT2D eigenvalue weighted by Crippen LogP contribution is -2.37.